The molecular weight excluding hydrogens is 320 g/mol. The van der Waals surface area contributed by atoms with Crippen LogP contribution in [0.4, 0.5) is 0 Å². The van der Waals surface area contributed by atoms with Gasteiger partial charge in [0.1, 0.15) is 0 Å². The number of hydrogen-bond donors (Lipinski definition) is 0. The van der Waals surface area contributed by atoms with E-state index in [1.165, 1.54) is 51.4 Å². The van der Waals surface area contributed by atoms with Crippen molar-refractivity contribution in [2.24, 2.45) is 0 Å². The SMILES string of the molecule is CCCCCCCCOC(=O)C1OC1C(=O)OCCCCCCCC. The number of carbonyl (C=O) groups is 2. The van der Waals surface area contributed by atoms with Crippen molar-refractivity contribution in [3.63, 3.8) is 0 Å². The number of epoxide rings is 1. The quantitative estimate of drug-likeness (QED) is 0.230. The molecule has 0 spiro atoms. The van der Waals surface area contributed by atoms with E-state index >= 15 is 0 Å². The number of hydrogen-bond acceptors (Lipinski definition) is 5. The highest BCUT2D eigenvalue weighted by atomic mass is 16.7. The number of unbranched alkanes of at least 4 members (excludes halogenated alkanes) is 10. The van der Waals surface area contributed by atoms with Crippen LogP contribution < -0.4 is 0 Å². The first kappa shape index (κ1) is 21.9. The van der Waals surface area contributed by atoms with Crippen LogP contribution in [0.2, 0.25) is 0 Å². The van der Waals surface area contributed by atoms with Gasteiger partial charge in [0.05, 0.1) is 13.2 Å². The molecule has 0 aromatic rings. The monoisotopic (exact) mass is 356 g/mol. The van der Waals surface area contributed by atoms with Gasteiger partial charge in [0, 0.05) is 0 Å². The second kappa shape index (κ2) is 14.1. The molecule has 1 heterocycles. The fourth-order valence-corrected chi connectivity index (χ4v) is 2.75. The highest BCUT2D eigenvalue weighted by Gasteiger charge is 2.52. The third kappa shape index (κ3) is 10.5. The molecule has 1 fully saturated rings. The first-order valence-electron chi connectivity index (χ1n) is 10.2. The Morgan fingerprint density at radius 3 is 1.40 bits per heavy atom. The van der Waals surface area contributed by atoms with Crippen LogP contribution in [-0.4, -0.2) is 37.4 Å². The molecule has 5 heteroatoms. The second-order valence-electron chi connectivity index (χ2n) is 6.85. The van der Waals surface area contributed by atoms with Crippen LogP contribution in [0.3, 0.4) is 0 Å². The summed E-state index contributed by atoms with van der Waals surface area (Å²) in [6, 6.07) is 0. The van der Waals surface area contributed by atoms with Gasteiger partial charge >= 0.3 is 11.9 Å². The average molecular weight is 357 g/mol. The average Bonchev–Trinajstić information content (AvgIpc) is 3.41. The normalized spacial score (nSPS) is 18.8. The van der Waals surface area contributed by atoms with Gasteiger partial charge in [0.2, 0.25) is 0 Å². The lowest BCUT2D eigenvalue weighted by atomic mass is 10.1. The Hall–Kier alpha value is -1.10. The zero-order chi connectivity index (χ0) is 18.3. The summed E-state index contributed by atoms with van der Waals surface area (Å²) in [6.45, 7) is 5.19. The molecule has 0 saturated carbocycles. The summed E-state index contributed by atoms with van der Waals surface area (Å²) in [5.74, 6) is -0.870. The zero-order valence-corrected chi connectivity index (χ0v) is 16.1. The maximum Gasteiger partial charge on any atom is 0.338 e. The van der Waals surface area contributed by atoms with Crippen molar-refractivity contribution in [2.45, 2.75) is 103 Å². The van der Waals surface area contributed by atoms with Crippen molar-refractivity contribution >= 4 is 11.9 Å². The molecule has 1 saturated heterocycles. The molecule has 2 atom stereocenters. The first-order chi connectivity index (χ1) is 12.2. The van der Waals surface area contributed by atoms with Crippen LogP contribution in [0.1, 0.15) is 90.9 Å². The van der Waals surface area contributed by atoms with E-state index in [9.17, 15) is 9.59 Å². The number of ether oxygens (including phenoxy) is 3. The molecular formula is C20H36O5. The minimum atomic E-state index is -0.753. The van der Waals surface area contributed by atoms with Gasteiger partial charge in [-0.2, -0.15) is 0 Å². The van der Waals surface area contributed by atoms with E-state index in [1.54, 1.807) is 0 Å². The number of esters is 2. The summed E-state index contributed by atoms with van der Waals surface area (Å²) in [7, 11) is 0. The molecule has 0 aliphatic carbocycles. The fraction of sp³-hybridized carbons (Fsp3) is 0.900. The highest BCUT2D eigenvalue weighted by molar-refractivity contribution is 5.89. The van der Waals surface area contributed by atoms with Gasteiger partial charge in [0.25, 0.3) is 0 Å². The molecule has 0 amide bonds. The minimum Gasteiger partial charge on any atom is -0.464 e. The predicted octanol–water partition coefficient (Wildman–Crippen LogP) is 4.56. The Kier molecular flexibility index (Phi) is 12.4. The summed E-state index contributed by atoms with van der Waals surface area (Å²) >= 11 is 0. The van der Waals surface area contributed by atoms with E-state index in [4.69, 9.17) is 14.2 Å². The van der Waals surface area contributed by atoms with Crippen molar-refractivity contribution in [3.05, 3.63) is 0 Å². The van der Waals surface area contributed by atoms with E-state index in [-0.39, 0.29) is 0 Å². The summed E-state index contributed by atoms with van der Waals surface area (Å²) < 4.78 is 15.4. The van der Waals surface area contributed by atoms with E-state index in [0.717, 1.165) is 25.7 Å². The smallest absolute Gasteiger partial charge is 0.338 e. The topological polar surface area (TPSA) is 65.1 Å². The molecule has 2 unspecified atom stereocenters. The van der Waals surface area contributed by atoms with E-state index in [2.05, 4.69) is 13.8 Å². The Morgan fingerprint density at radius 2 is 1.00 bits per heavy atom. The summed E-state index contributed by atoms with van der Waals surface area (Å²) in [5.41, 5.74) is 0. The van der Waals surface area contributed by atoms with Crippen LogP contribution >= 0.6 is 0 Å². The molecule has 25 heavy (non-hydrogen) atoms. The zero-order valence-electron chi connectivity index (χ0n) is 16.1. The van der Waals surface area contributed by atoms with E-state index in [1.807, 2.05) is 0 Å². The van der Waals surface area contributed by atoms with Crippen molar-refractivity contribution < 1.29 is 23.8 Å². The molecule has 0 N–H and O–H groups in total. The Labute approximate surface area is 152 Å². The lowest BCUT2D eigenvalue weighted by molar-refractivity contribution is -0.147. The van der Waals surface area contributed by atoms with E-state index in [0.29, 0.717) is 13.2 Å². The third-order valence-corrected chi connectivity index (χ3v) is 4.44. The van der Waals surface area contributed by atoms with Crippen LogP contribution in [0, 0.1) is 0 Å². The standard InChI is InChI=1S/C20H36O5/c1-3-5-7-9-11-13-15-23-19(21)17-18(25-17)20(22)24-16-14-12-10-8-6-4-2/h17-18H,3-16H2,1-2H3. The van der Waals surface area contributed by atoms with Gasteiger partial charge in [-0.15, -0.1) is 0 Å². The third-order valence-electron chi connectivity index (χ3n) is 4.44. The maximum atomic E-state index is 11.8. The van der Waals surface area contributed by atoms with Gasteiger partial charge < -0.3 is 14.2 Å². The number of rotatable bonds is 16. The summed E-state index contributed by atoms with van der Waals surface area (Å²) in [5, 5.41) is 0. The molecule has 0 bridgehead atoms. The lowest BCUT2D eigenvalue weighted by Crippen LogP contribution is -2.21. The van der Waals surface area contributed by atoms with Crippen molar-refractivity contribution in [1.29, 1.82) is 0 Å². The fourth-order valence-electron chi connectivity index (χ4n) is 2.75. The first-order valence-corrected chi connectivity index (χ1v) is 10.2. The lowest BCUT2D eigenvalue weighted by Gasteiger charge is -2.04. The van der Waals surface area contributed by atoms with E-state index < -0.39 is 24.1 Å². The molecule has 146 valence electrons. The predicted molar refractivity (Wildman–Crippen MR) is 97.3 cm³/mol. The summed E-state index contributed by atoms with van der Waals surface area (Å²) in [4.78, 5) is 23.6. The molecule has 1 rings (SSSR count). The molecule has 1 aliphatic heterocycles. The Morgan fingerprint density at radius 1 is 0.640 bits per heavy atom. The van der Waals surface area contributed by atoms with Crippen LogP contribution in [0.25, 0.3) is 0 Å². The van der Waals surface area contributed by atoms with Crippen LogP contribution in [0.5, 0.6) is 0 Å². The molecule has 0 aromatic carbocycles. The minimum absolute atomic E-state index is 0.407. The van der Waals surface area contributed by atoms with Crippen molar-refractivity contribution in [2.75, 3.05) is 13.2 Å². The molecule has 1 aliphatic rings. The second-order valence-corrected chi connectivity index (χ2v) is 6.85. The maximum absolute atomic E-state index is 11.8. The Bertz CT molecular complexity index is 335. The van der Waals surface area contributed by atoms with Crippen molar-refractivity contribution in [3.8, 4) is 0 Å². The molecule has 0 aromatic heterocycles. The molecule has 5 nitrogen and oxygen atoms in total. The number of carbonyl (C=O) groups excluding carboxylic acids is 2. The van der Waals surface area contributed by atoms with Crippen LogP contribution in [0.15, 0.2) is 0 Å². The van der Waals surface area contributed by atoms with Gasteiger partial charge in [-0.1, -0.05) is 78.1 Å². The molecule has 0 radical (unpaired) electrons. The van der Waals surface area contributed by atoms with Crippen molar-refractivity contribution in [1.82, 2.24) is 0 Å². The largest absolute Gasteiger partial charge is 0.464 e. The summed E-state index contributed by atoms with van der Waals surface area (Å²) in [6.07, 6.45) is 12.2. The van der Waals surface area contributed by atoms with Crippen LogP contribution in [-0.2, 0) is 23.8 Å². The van der Waals surface area contributed by atoms with Gasteiger partial charge in [-0.05, 0) is 12.8 Å². The highest BCUT2D eigenvalue weighted by Crippen LogP contribution is 2.25. The van der Waals surface area contributed by atoms with Gasteiger partial charge in [-0.3, -0.25) is 0 Å². The van der Waals surface area contributed by atoms with Gasteiger partial charge in [0.15, 0.2) is 12.2 Å². The Balaban J connectivity index is 1.96. The van der Waals surface area contributed by atoms with Gasteiger partial charge in [-0.25, -0.2) is 9.59 Å².